The van der Waals surface area contributed by atoms with Gasteiger partial charge >= 0.3 is 0 Å². The molecule has 15 heavy (non-hydrogen) atoms. The molecule has 0 fully saturated rings. The van der Waals surface area contributed by atoms with E-state index in [0.717, 1.165) is 12.0 Å². The van der Waals surface area contributed by atoms with E-state index in [1.807, 2.05) is 13.0 Å². The summed E-state index contributed by atoms with van der Waals surface area (Å²) in [6, 6.07) is 3.63. The van der Waals surface area contributed by atoms with Crippen molar-refractivity contribution in [2.75, 3.05) is 5.75 Å². The molecule has 0 aliphatic rings. The van der Waals surface area contributed by atoms with E-state index in [1.165, 1.54) is 0 Å². The third kappa shape index (κ3) is 4.90. The van der Waals surface area contributed by atoms with Gasteiger partial charge in [-0.2, -0.15) is 0 Å². The predicted molar refractivity (Wildman–Crippen MR) is 59.8 cm³/mol. The molecule has 1 aromatic heterocycles. The molecule has 0 aromatic carbocycles. The first-order chi connectivity index (χ1) is 7.14. The summed E-state index contributed by atoms with van der Waals surface area (Å²) in [5.74, 6) is 0.198. The van der Waals surface area contributed by atoms with Crippen LogP contribution in [-0.2, 0) is 16.6 Å². The third-order valence-corrected chi connectivity index (χ3v) is 3.40. The van der Waals surface area contributed by atoms with Crippen molar-refractivity contribution in [2.24, 2.45) is 0 Å². The second kappa shape index (κ2) is 5.82. The van der Waals surface area contributed by atoms with E-state index >= 15 is 0 Å². The van der Waals surface area contributed by atoms with Gasteiger partial charge < -0.3 is 0 Å². The Morgan fingerprint density at radius 1 is 1.47 bits per heavy atom. The molecule has 0 saturated heterocycles. The Hall–Kier alpha value is -0.940. The molecule has 0 unspecified atom stereocenters. The molecule has 1 N–H and O–H groups in total. The fourth-order valence-electron chi connectivity index (χ4n) is 1.10. The SMILES string of the molecule is CCCCS(=O)(=O)NCc1cccnc1. The van der Waals surface area contributed by atoms with Gasteiger partial charge in [0.2, 0.25) is 10.0 Å². The van der Waals surface area contributed by atoms with Crippen LogP contribution in [0, 0.1) is 0 Å². The van der Waals surface area contributed by atoms with E-state index in [0.29, 0.717) is 13.0 Å². The van der Waals surface area contributed by atoms with Gasteiger partial charge in [-0.15, -0.1) is 0 Å². The lowest BCUT2D eigenvalue weighted by atomic mass is 10.3. The van der Waals surface area contributed by atoms with Gasteiger partial charge in [-0.25, -0.2) is 13.1 Å². The van der Waals surface area contributed by atoms with Gasteiger partial charge in [0, 0.05) is 18.9 Å². The van der Waals surface area contributed by atoms with Gasteiger partial charge in [0.1, 0.15) is 0 Å². The van der Waals surface area contributed by atoms with Crippen LogP contribution in [0.25, 0.3) is 0 Å². The number of rotatable bonds is 6. The Morgan fingerprint density at radius 3 is 2.87 bits per heavy atom. The first-order valence-corrected chi connectivity index (χ1v) is 6.65. The summed E-state index contributed by atoms with van der Waals surface area (Å²) in [6.07, 6.45) is 4.90. The number of sulfonamides is 1. The van der Waals surface area contributed by atoms with Crippen molar-refractivity contribution >= 4 is 10.0 Å². The maximum atomic E-state index is 11.4. The number of nitrogens with zero attached hydrogens (tertiary/aromatic N) is 1. The summed E-state index contributed by atoms with van der Waals surface area (Å²) in [4.78, 5) is 3.91. The highest BCUT2D eigenvalue weighted by Gasteiger charge is 2.08. The predicted octanol–water partition coefficient (Wildman–Crippen LogP) is 1.30. The summed E-state index contributed by atoms with van der Waals surface area (Å²) in [5.41, 5.74) is 0.873. The van der Waals surface area contributed by atoms with Gasteiger partial charge in [-0.1, -0.05) is 19.4 Å². The molecule has 84 valence electrons. The molecule has 1 rings (SSSR count). The van der Waals surface area contributed by atoms with Crippen molar-refractivity contribution in [3.63, 3.8) is 0 Å². The molecule has 0 aliphatic heterocycles. The number of hydrogen-bond acceptors (Lipinski definition) is 3. The summed E-state index contributed by atoms with van der Waals surface area (Å²) >= 11 is 0. The Bertz CT molecular complexity index is 376. The first-order valence-electron chi connectivity index (χ1n) is 5.00. The fraction of sp³-hybridized carbons (Fsp3) is 0.500. The maximum absolute atomic E-state index is 11.4. The number of unbranched alkanes of at least 4 members (excludes halogenated alkanes) is 1. The van der Waals surface area contributed by atoms with E-state index in [9.17, 15) is 8.42 Å². The highest BCUT2D eigenvalue weighted by Crippen LogP contribution is 1.98. The molecule has 0 saturated carbocycles. The highest BCUT2D eigenvalue weighted by molar-refractivity contribution is 7.89. The molecular formula is C10H16N2O2S. The van der Waals surface area contributed by atoms with E-state index in [4.69, 9.17) is 0 Å². The molecule has 4 nitrogen and oxygen atoms in total. The molecule has 0 aliphatic carbocycles. The largest absolute Gasteiger partial charge is 0.264 e. The molecule has 5 heteroatoms. The van der Waals surface area contributed by atoms with Gasteiger partial charge in [-0.3, -0.25) is 4.98 Å². The Balaban J connectivity index is 2.43. The number of aromatic nitrogens is 1. The molecule has 0 spiro atoms. The van der Waals surface area contributed by atoms with E-state index < -0.39 is 10.0 Å². The lowest BCUT2D eigenvalue weighted by Gasteiger charge is -2.05. The van der Waals surface area contributed by atoms with Crippen molar-refractivity contribution in [3.8, 4) is 0 Å². The van der Waals surface area contributed by atoms with Gasteiger partial charge in [0.25, 0.3) is 0 Å². The minimum Gasteiger partial charge on any atom is -0.264 e. The summed E-state index contributed by atoms with van der Waals surface area (Å²) in [7, 11) is -3.12. The molecule has 0 radical (unpaired) electrons. The molecule has 0 bridgehead atoms. The Kier molecular flexibility index (Phi) is 4.71. The van der Waals surface area contributed by atoms with Gasteiger partial charge in [-0.05, 0) is 18.1 Å². The zero-order valence-electron chi connectivity index (χ0n) is 8.81. The Morgan fingerprint density at radius 2 is 2.27 bits per heavy atom. The van der Waals surface area contributed by atoms with Crippen LogP contribution in [0.1, 0.15) is 25.3 Å². The quantitative estimate of drug-likeness (QED) is 0.798. The molecule has 1 aromatic rings. The summed E-state index contributed by atoms with van der Waals surface area (Å²) in [5, 5.41) is 0. The zero-order chi connectivity index (χ0) is 11.1. The number of pyridine rings is 1. The van der Waals surface area contributed by atoms with E-state index in [1.54, 1.807) is 18.5 Å². The lowest BCUT2D eigenvalue weighted by Crippen LogP contribution is -2.25. The number of hydrogen-bond donors (Lipinski definition) is 1. The smallest absolute Gasteiger partial charge is 0.211 e. The molecule has 1 heterocycles. The van der Waals surface area contributed by atoms with Crippen LogP contribution < -0.4 is 4.72 Å². The van der Waals surface area contributed by atoms with E-state index in [2.05, 4.69) is 9.71 Å². The maximum Gasteiger partial charge on any atom is 0.211 e. The third-order valence-electron chi connectivity index (χ3n) is 1.99. The Labute approximate surface area is 90.8 Å². The van der Waals surface area contributed by atoms with Crippen LogP contribution in [0.2, 0.25) is 0 Å². The van der Waals surface area contributed by atoms with Crippen LogP contribution >= 0.6 is 0 Å². The van der Waals surface area contributed by atoms with Crippen LogP contribution in [0.15, 0.2) is 24.5 Å². The van der Waals surface area contributed by atoms with Crippen LogP contribution in [0.5, 0.6) is 0 Å². The fourth-order valence-corrected chi connectivity index (χ4v) is 2.30. The molecule has 0 atom stereocenters. The van der Waals surface area contributed by atoms with Crippen molar-refractivity contribution in [2.45, 2.75) is 26.3 Å². The average molecular weight is 228 g/mol. The van der Waals surface area contributed by atoms with Crippen molar-refractivity contribution < 1.29 is 8.42 Å². The summed E-state index contributed by atoms with van der Waals surface area (Å²) < 4.78 is 25.4. The van der Waals surface area contributed by atoms with E-state index in [-0.39, 0.29) is 5.75 Å². The minimum absolute atomic E-state index is 0.198. The zero-order valence-corrected chi connectivity index (χ0v) is 9.63. The second-order valence-electron chi connectivity index (χ2n) is 3.35. The molecular weight excluding hydrogens is 212 g/mol. The van der Waals surface area contributed by atoms with Crippen molar-refractivity contribution in [1.29, 1.82) is 0 Å². The first kappa shape index (κ1) is 12.1. The second-order valence-corrected chi connectivity index (χ2v) is 5.28. The topological polar surface area (TPSA) is 59.1 Å². The highest BCUT2D eigenvalue weighted by atomic mass is 32.2. The minimum atomic E-state index is -3.12. The van der Waals surface area contributed by atoms with Crippen LogP contribution in [0.3, 0.4) is 0 Å². The van der Waals surface area contributed by atoms with Crippen molar-refractivity contribution in [1.82, 2.24) is 9.71 Å². The monoisotopic (exact) mass is 228 g/mol. The van der Waals surface area contributed by atoms with Gasteiger partial charge in [0.05, 0.1) is 5.75 Å². The normalized spacial score (nSPS) is 11.5. The lowest BCUT2D eigenvalue weighted by molar-refractivity contribution is 0.578. The molecule has 0 amide bonds. The van der Waals surface area contributed by atoms with Crippen LogP contribution in [0.4, 0.5) is 0 Å². The van der Waals surface area contributed by atoms with Crippen molar-refractivity contribution in [3.05, 3.63) is 30.1 Å². The number of nitrogens with one attached hydrogen (secondary N) is 1. The standard InChI is InChI=1S/C10H16N2O2S/c1-2-3-7-15(13,14)12-9-10-5-4-6-11-8-10/h4-6,8,12H,2-3,7,9H2,1H3. The summed E-state index contributed by atoms with van der Waals surface area (Å²) in [6.45, 7) is 2.29. The van der Waals surface area contributed by atoms with Crippen LogP contribution in [-0.4, -0.2) is 19.2 Å². The average Bonchev–Trinajstić information content (AvgIpc) is 2.25. The van der Waals surface area contributed by atoms with Gasteiger partial charge in [0.15, 0.2) is 0 Å².